The van der Waals surface area contributed by atoms with E-state index in [1.165, 1.54) is 13.2 Å². The minimum absolute atomic E-state index is 0.364. The average molecular weight is 283 g/mol. The number of halogens is 3. The van der Waals surface area contributed by atoms with Crippen LogP contribution >= 0.6 is 34.8 Å². The lowest BCUT2D eigenvalue weighted by Crippen LogP contribution is -2.27. The summed E-state index contributed by atoms with van der Waals surface area (Å²) in [6.07, 6.45) is 0. The van der Waals surface area contributed by atoms with Gasteiger partial charge in [-0.25, -0.2) is 4.79 Å². The molecule has 6 heteroatoms. The van der Waals surface area contributed by atoms with Crippen molar-refractivity contribution >= 4 is 46.5 Å². The van der Waals surface area contributed by atoms with Crippen molar-refractivity contribution in [1.29, 1.82) is 0 Å². The van der Waals surface area contributed by atoms with Gasteiger partial charge in [0.05, 0.1) is 27.9 Å². The molecule has 0 aromatic heterocycles. The third kappa shape index (κ3) is 3.17. The van der Waals surface area contributed by atoms with Crippen LogP contribution in [-0.4, -0.2) is 19.1 Å². The number of rotatable bonds is 3. The van der Waals surface area contributed by atoms with Gasteiger partial charge in [-0.1, -0.05) is 34.8 Å². The standard InChI is InChI=1S/C10H10Cl3NO2/c1-5(10(15)16-2)14-9-4-7(12)6(11)3-8(9)13/h3-5,14H,1-2H3. The highest BCUT2D eigenvalue weighted by atomic mass is 35.5. The van der Waals surface area contributed by atoms with Crippen LogP contribution in [0.3, 0.4) is 0 Å². The number of esters is 1. The number of carbonyl (C=O) groups is 1. The van der Waals surface area contributed by atoms with Gasteiger partial charge in [-0.15, -0.1) is 0 Å². The number of anilines is 1. The zero-order valence-corrected chi connectivity index (χ0v) is 11.0. The van der Waals surface area contributed by atoms with E-state index in [0.29, 0.717) is 20.8 Å². The second-order valence-corrected chi connectivity index (χ2v) is 4.36. The van der Waals surface area contributed by atoms with Gasteiger partial charge in [0.2, 0.25) is 0 Å². The Morgan fingerprint density at radius 3 is 2.38 bits per heavy atom. The molecule has 1 rings (SSSR count). The largest absolute Gasteiger partial charge is 0.467 e. The predicted molar refractivity (Wildman–Crippen MR) is 66.6 cm³/mol. The summed E-state index contributed by atoms with van der Waals surface area (Å²) < 4.78 is 4.57. The molecule has 1 N–H and O–H groups in total. The first-order chi connectivity index (χ1) is 7.45. The van der Waals surface area contributed by atoms with Gasteiger partial charge in [-0.2, -0.15) is 0 Å². The van der Waals surface area contributed by atoms with E-state index in [-0.39, 0.29) is 5.97 Å². The van der Waals surface area contributed by atoms with Crippen LogP contribution in [0.2, 0.25) is 15.1 Å². The molecule has 0 radical (unpaired) electrons. The normalized spacial score (nSPS) is 12.1. The van der Waals surface area contributed by atoms with Crippen LogP contribution in [0.1, 0.15) is 6.92 Å². The molecule has 88 valence electrons. The average Bonchev–Trinajstić information content (AvgIpc) is 2.24. The molecule has 0 saturated carbocycles. The number of hydrogen-bond donors (Lipinski definition) is 1. The Kier molecular flexibility index (Phi) is 4.71. The van der Waals surface area contributed by atoms with E-state index in [9.17, 15) is 4.79 Å². The summed E-state index contributed by atoms with van der Waals surface area (Å²) in [5.74, 6) is -0.387. The molecule has 0 aliphatic carbocycles. The van der Waals surface area contributed by atoms with Crippen LogP contribution in [-0.2, 0) is 9.53 Å². The van der Waals surface area contributed by atoms with Crippen molar-refractivity contribution in [1.82, 2.24) is 0 Å². The molecule has 0 aliphatic rings. The highest BCUT2D eigenvalue weighted by Crippen LogP contribution is 2.32. The first kappa shape index (κ1) is 13.4. The van der Waals surface area contributed by atoms with Crippen molar-refractivity contribution in [3.05, 3.63) is 27.2 Å². The highest BCUT2D eigenvalue weighted by Gasteiger charge is 2.15. The molecule has 16 heavy (non-hydrogen) atoms. The van der Waals surface area contributed by atoms with Crippen LogP contribution in [0.25, 0.3) is 0 Å². The van der Waals surface area contributed by atoms with Crippen LogP contribution in [0.5, 0.6) is 0 Å². The molecule has 0 heterocycles. The van der Waals surface area contributed by atoms with Gasteiger partial charge in [0, 0.05) is 0 Å². The summed E-state index contributed by atoms with van der Waals surface area (Å²) in [6, 6.07) is 2.56. The molecular weight excluding hydrogens is 272 g/mol. The second-order valence-electron chi connectivity index (χ2n) is 3.14. The lowest BCUT2D eigenvalue weighted by Gasteiger charge is -2.14. The lowest BCUT2D eigenvalue weighted by molar-refractivity contribution is -0.141. The first-order valence-electron chi connectivity index (χ1n) is 4.44. The van der Waals surface area contributed by atoms with Gasteiger partial charge in [0.1, 0.15) is 6.04 Å². The Hall–Kier alpha value is -0.640. The molecule has 0 fully saturated rings. The molecule has 0 amide bonds. The molecule has 1 unspecified atom stereocenters. The summed E-state index contributed by atoms with van der Waals surface area (Å²) in [5.41, 5.74) is 0.536. The number of carbonyl (C=O) groups excluding carboxylic acids is 1. The zero-order valence-electron chi connectivity index (χ0n) is 8.68. The SMILES string of the molecule is COC(=O)C(C)Nc1cc(Cl)c(Cl)cc1Cl. The van der Waals surface area contributed by atoms with Crippen molar-refractivity contribution < 1.29 is 9.53 Å². The Bertz CT molecular complexity index is 409. The summed E-state index contributed by atoms with van der Waals surface area (Å²) in [7, 11) is 1.32. The van der Waals surface area contributed by atoms with Crippen molar-refractivity contribution in [2.75, 3.05) is 12.4 Å². The Balaban J connectivity index is 2.89. The van der Waals surface area contributed by atoms with Crippen LogP contribution in [0.4, 0.5) is 5.69 Å². The number of benzene rings is 1. The van der Waals surface area contributed by atoms with E-state index in [1.54, 1.807) is 13.0 Å². The molecule has 0 aliphatic heterocycles. The van der Waals surface area contributed by atoms with E-state index < -0.39 is 6.04 Å². The summed E-state index contributed by atoms with van der Waals surface area (Å²) in [4.78, 5) is 11.2. The van der Waals surface area contributed by atoms with Crippen molar-refractivity contribution in [2.45, 2.75) is 13.0 Å². The summed E-state index contributed by atoms with van der Waals surface area (Å²) in [5, 5.41) is 4.00. The molecule has 1 aromatic rings. The molecular formula is C10H10Cl3NO2. The molecule has 1 aromatic carbocycles. The van der Waals surface area contributed by atoms with Crippen molar-refractivity contribution in [3.63, 3.8) is 0 Å². The molecule has 0 spiro atoms. The summed E-state index contributed by atoms with van der Waals surface area (Å²) >= 11 is 17.5. The van der Waals surface area contributed by atoms with Crippen LogP contribution < -0.4 is 5.32 Å². The maximum Gasteiger partial charge on any atom is 0.327 e. The quantitative estimate of drug-likeness (QED) is 0.680. The van der Waals surface area contributed by atoms with E-state index in [2.05, 4.69) is 10.1 Å². The fourth-order valence-electron chi connectivity index (χ4n) is 1.10. The first-order valence-corrected chi connectivity index (χ1v) is 5.58. The fraction of sp³-hybridized carbons (Fsp3) is 0.300. The van der Waals surface area contributed by atoms with Gasteiger partial charge < -0.3 is 10.1 Å². The number of hydrogen-bond acceptors (Lipinski definition) is 3. The lowest BCUT2D eigenvalue weighted by atomic mass is 10.2. The van der Waals surface area contributed by atoms with Gasteiger partial charge in [-0.05, 0) is 19.1 Å². The number of ether oxygens (including phenoxy) is 1. The Morgan fingerprint density at radius 1 is 1.25 bits per heavy atom. The van der Waals surface area contributed by atoms with Gasteiger partial charge in [0.25, 0.3) is 0 Å². The summed E-state index contributed by atoms with van der Waals surface area (Å²) in [6.45, 7) is 1.66. The van der Waals surface area contributed by atoms with Crippen molar-refractivity contribution in [3.8, 4) is 0 Å². The van der Waals surface area contributed by atoms with Crippen LogP contribution in [0, 0.1) is 0 Å². The number of methoxy groups -OCH3 is 1. The van der Waals surface area contributed by atoms with Crippen LogP contribution in [0.15, 0.2) is 12.1 Å². The molecule has 0 saturated heterocycles. The smallest absolute Gasteiger partial charge is 0.327 e. The maximum absolute atomic E-state index is 11.2. The van der Waals surface area contributed by atoms with Gasteiger partial charge in [0.15, 0.2) is 0 Å². The maximum atomic E-state index is 11.2. The van der Waals surface area contributed by atoms with Gasteiger partial charge in [-0.3, -0.25) is 0 Å². The predicted octanol–water partition coefficient (Wildman–Crippen LogP) is 3.62. The third-order valence-corrected chi connectivity index (χ3v) is 2.97. The topological polar surface area (TPSA) is 38.3 Å². The Morgan fingerprint density at radius 2 is 1.81 bits per heavy atom. The van der Waals surface area contributed by atoms with Crippen molar-refractivity contribution in [2.24, 2.45) is 0 Å². The Labute approximate surface area is 109 Å². The van der Waals surface area contributed by atoms with E-state index in [0.717, 1.165) is 0 Å². The highest BCUT2D eigenvalue weighted by molar-refractivity contribution is 6.44. The molecule has 3 nitrogen and oxygen atoms in total. The molecule has 1 atom stereocenters. The van der Waals surface area contributed by atoms with E-state index >= 15 is 0 Å². The minimum Gasteiger partial charge on any atom is -0.467 e. The fourth-order valence-corrected chi connectivity index (χ4v) is 1.70. The van der Waals surface area contributed by atoms with E-state index in [4.69, 9.17) is 34.8 Å². The molecule has 0 bridgehead atoms. The number of nitrogens with one attached hydrogen (secondary N) is 1. The monoisotopic (exact) mass is 281 g/mol. The van der Waals surface area contributed by atoms with Gasteiger partial charge >= 0.3 is 5.97 Å². The van der Waals surface area contributed by atoms with E-state index in [1.807, 2.05) is 0 Å². The third-order valence-electron chi connectivity index (χ3n) is 1.94. The second kappa shape index (κ2) is 5.62. The minimum atomic E-state index is -0.514. The zero-order chi connectivity index (χ0) is 12.3.